The van der Waals surface area contributed by atoms with E-state index < -0.39 is 36.8 Å². The van der Waals surface area contributed by atoms with Crippen LogP contribution in [0, 0.1) is 5.92 Å². The molecule has 7 nitrogen and oxygen atoms in total. The van der Waals surface area contributed by atoms with Crippen LogP contribution in [0.2, 0.25) is 0 Å². The standard InChI is InChI=1S/C30H42O7/c1-3-9-21-14-16-24(17-15-21)36-30-29(27(34)26(33)28(37-30)25(32)13-8-18-31)35-20-23(10-4-2)19-22-11-6-5-7-12-22/h3,5-7,11-12,14-17,23,25-34H,1,4,8-10,13,18-20H2,2H3. The van der Waals surface area contributed by atoms with E-state index in [0.717, 1.165) is 31.2 Å². The molecule has 7 heteroatoms. The van der Waals surface area contributed by atoms with E-state index in [1.165, 1.54) is 5.56 Å². The van der Waals surface area contributed by atoms with Crippen LogP contribution in [0.5, 0.6) is 5.75 Å². The lowest BCUT2D eigenvalue weighted by molar-refractivity contribution is -0.299. The number of hydrogen-bond donors (Lipinski definition) is 4. The Morgan fingerprint density at radius 1 is 1.00 bits per heavy atom. The molecule has 0 saturated carbocycles. The van der Waals surface area contributed by atoms with Crippen LogP contribution >= 0.6 is 0 Å². The van der Waals surface area contributed by atoms with E-state index in [1.54, 1.807) is 0 Å². The van der Waals surface area contributed by atoms with Gasteiger partial charge >= 0.3 is 0 Å². The molecule has 2 aromatic carbocycles. The Labute approximate surface area is 220 Å². The van der Waals surface area contributed by atoms with Crippen LogP contribution in [0.25, 0.3) is 0 Å². The van der Waals surface area contributed by atoms with Gasteiger partial charge in [-0.15, -0.1) is 6.58 Å². The Morgan fingerprint density at radius 3 is 2.38 bits per heavy atom. The summed E-state index contributed by atoms with van der Waals surface area (Å²) in [4.78, 5) is 0. The lowest BCUT2D eigenvalue weighted by Crippen LogP contribution is -2.63. The van der Waals surface area contributed by atoms with Gasteiger partial charge < -0.3 is 34.6 Å². The maximum Gasteiger partial charge on any atom is 0.229 e. The Kier molecular flexibility index (Phi) is 12.1. The van der Waals surface area contributed by atoms with E-state index in [1.807, 2.05) is 48.5 Å². The number of aliphatic hydroxyl groups excluding tert-OH is 4. The van der Waals surface area contributed by atoms with E-state index in [9.17, 15) is 15.3 Å². The molecule has 1 heterocycles. The first-order valence-corrected chi connectivity index (χ1v) is 13.3. The molecule has 0 amide bonds. The van der Waals surface area contributed by atoms with Crippen molar-refractivity contribution in [3.8, 4) is 5.75 Å². The molecular formula is C30H42O7. The van der Waals surface area contributed by atoms with E-state index in [2.05, 4.69) is 25.6 Å². The number of benzene rings is 2. The summed E-state index contributed by atoms with van der Waals surface area (Å²) < 4.78 is 18.4. The first-order valence-electron chi connectivity index (χ1n) is 13.3. The van der Waals surface area contributed by atoms with Crippen LogP contribution in [0.15, 0.2) is 67.3 Å². The van der Waals surface area contributed by atoms with Crippen molar-refractivity contribution in [2.45, 2.75) is 82.3 Å². The molecule has 1 aliphatic rings. The summed E-state index contributed by atoms with van der Waals surface area (Å²) in [5.41, 5.74) is 2.29. The Morgan fingerprint density at radius 2 is 1.73 bits per heavy atom. The Hall–Kier alpha value is -2.26. The van der Waals surface area contributed by atoms with Gasteiger partial charge in [0.15, 0.2) is 0 Å². The van der Waals surface area contributed by atoms with Crippen LogP contribution in [0.3, 0.4) is 0 Å². The van der Waals surface area contributed by atoms with Crippen LogP contribution in [0.4, 0.5) is 0 Å². The normalized spacial score (nSPS) is 25.4. The number of aliphatic hydroxyl groups is 4. The molecule has 7 unspecified atom stereocenters. The molecule has 0 bridgehead atoms. The maximum atomic E-state index is 11.1. The van der Waals surface area contributed by atoms with Gasteiger partial charge in [0.1, 0.15) is 30.2 Å². The second kappa shape index (κ2) is 15.2. The Balaban J connectivity index is 1.76. The average molecular weight is 515 g/mol. The quantitative estimate of drug-likeness (QED) is 0.270. The topological polar surface area (TPSA) is 109 Å². The molecule has 0 aliphatic carbocycles. The third-order valence-corrected chi connectivity index (χ3v) is 6.76. The maximum absolute atomic E-state index is 11.1. The predicted molar refractivity (Wildman–Crippen MR) is 142 cm³/mol. The largest absolute Gasteiger partial charge is 0.462 e. The summed E-state index contributed by atoms with van der Waals surface area (Å²) in [6.07, 6.45) is -0.976. The minimum Gasteiger partial charge on any atom is -0.462 e. The van der Waals surface area contributed by atoms with Gasteiger partial charge in [-0.05, 0) is 61.3 Å². The summed E-state index contributed by atoms with van der Waals surface area (Å²) in [5, 5.41) is 41.6. The van der Waals surface area contributed by atoms with E-state index in [4.69, 9.17) is 19.3 Å². The monoisotopic (exact) mass is 514 g/mol. The summed E-state index contributed by atoms with van der Waals surface area (Å²) in [5.74, 6) is 0.733. The summed E-state index contributed by atoms with van der Waals surface area (Å²) in [6, 6.07) is 17.7. The molecule has 7 atom stereocenters. The fourth-order valence-electron chi connectivity index (χ4n) is 4.77. The predicted octanol–water partition coefficient (Wildman–Crippen LogP) is 3.42. The number of hydrogen-bond acceptors (Lipinski definition) is 7. The van der Waals surface area contributed by atoms with Crippen molar-refractivity contribution in [2.24, 2.45) is 5.92 Å². The van der Waals surface area contributed by atoms with Gasteiger partial charge in [0.2, 0.25) is 6.29 Å². The molecule has 4 N–H and O–H groups in total. The molecule has 1 saturated heterocycles. The summed E-state index contributed by atoms with van der Waals surface area (Å²) in [6.45, 7) is 6.15. The fourth-order valence-corrected chi connectivity index (χ4v) is 4.77. The van der Waals surface area contributed by atoms with Crippen LogP contribution in [-0.2, 0) is 22.3 Å². The lowest BCUT2D eigenvalue weighted by Gasteiger charge is -2.44. The SMILES string of the molecule is C=CCc1ccc(OC2OC(C(O)CCCO)C(O)C(O)C2OCC(CCC)Cc2ccccc2)cc1. The van der Waals surface area contributed by atoms with Crippen molar-refractivity contribution in [2.75, 3.05) is 13.2 Å². The fraction of sp³-hybridized carbons (Fsp3) is 0.533. The number of rotatable bonds is 15. The van der Waals surface area contributed by atoms with E-state index in [-0.39, 0.29) is 18.9 Å². The summed E-state index contributed by atoms with van der Waals surface area (Å²) >= 11 is 0. The second-order valence-electron chi connectivity index (χ2n) is 9.78. The molecule has 0 spiro atoms. The van der Waals surface area contributed by atoms with Crippen molar-refractivity contribution in [3.05, 3.63) is 78.4 Å². The van der Waals surface area contributed by atoms with Gasteiger partial charge in [-0.2, -0.15) is 0 Å². The molecule has 1 aliphatic heterocycles. The smallest absolute Gasteiger partial charge is 0.229 e. The van der Waals surface area contributed by atoms with E-state index >= 15 is 0 Å². The molecule has 37 heavy (non-hydrogen) atoms. The van der Waals surface area contributed by atoms with Crippen LogP contribution < -0.4 is 4.74 Å². The van der Waals surface area contributed by atoms with Gasteiger partial charge in [-0.1, -0.05) is 61.9 Å². The molecule has 0 radical (unpaired) electrons. The summed E-state index contributed by atoms with van der Waals surface area (Å²) in [7, 11) is 0. The highest BCUT2D eigenvalue weighted by Gasteiger charge is 2.49. The first kappa shape index (κ1) is 29.3. The molecule has 204 valence electrons. The zero-order valence-electron chi connectivity index (χ0n) is 21.7. The molecule has 1 fully saturated rings. The van der Waals surface area contributed by atoms with Crippen molar-refractivity contribution in [1.82, 2.24) is 0 Å². The van der Waals surface area contributed by atoms with Gasteiger partial charge in [0.25, 0.3) is 0 Å². The van der Waals surface area contributed by atoms with E-state index in [0.29, 0.717) is 18.8 Å². The van der Waals surface area contributed by atoms with Gasteiger partial charge in [0.05, 0.1) is 12.7 Å². The zero-order chi connectivity index (χ0) is 26.6. The minimum absolute atomic E-state index is 0.0919. The average Bonchev–Trinajstić information content (AvgIpc) is 2.91. The molecule has 0 aromatic heterocycles. The van der Waals surface area contributed by atoms with Gasteiger partial charge in [-0.25, -0.2) is 0 Å². The molecule has 3 rings (SSSR count). The Bertz CT molecular complexity index is 904. The van der Waals surface area contributed by atoms with Crippen molar-refractivity contribution < 1.29 is 34.6 Å². The van der Waals surface area contributed by atoms with Crippen molar-refractivity contribution >= 4 is 0 Å². The van der Waals surface area contributed by atoms with Crippen LogP contribution in [0.1, 0.15) is 43.7 Å². The highest BCUT2D eigenvalue weighted by Crippen LogP contribution is 2.30. The van der Waals surface area contributed by atoms with Gasteiger partial charge in [-0.3, -0.25) is 0 Å². The van der Waals surface area contributed by atoms with Crippen molar-refractivity contribution in [3.63, 3.8) is 0 Å². The highest BCUT2D eigenvalue weighted by atomic mass is 16.7. The van der Waals surface area contributed by atoms with Crippen molar-refractivity contribution in [1.29, 1.82) is 0 Å². The number of allylic oxidation sites excluding steroid dienone is 1. The minimum atomic E-state index is -1.37. The lowest BCUT2D eigenvalue weighted by atomic mass is 9.92. The highest BCUT2D eigenvalue weighted by molar-refractivity contribution is 5.28. The zero-order valence-corrected chi connectivity index (χ0v) is 21.7. The third-order valence-electron chi connectivity index (χ3n) is 6.76. The molecular weight excluding hydrogens is 472 g/mol. The number of ether oxygens (including phenoxy) is 3. The second-order valence-corrected chi connectivity index (χ2v) is 9.78. The molecule has 2 aromatic rings. The van der Waals surface area contributed by atoms with Crippen LogP contribution in [-0.4, -0.2) is 70.4 Å². The first-order chi connectivity index (χ1) is 18.0. The van der Waals surface area contributed by atoms with Gasteiger partial charge in [0, 0.05) is 6.61 Å². The third kappa shape index (κ3) is 8.64.